The van der Waals surface area contributed by atoms with Crippen LogP contribution in [-0.4, -0.2) is 28.3 Å². The van der Waals surface area contributed by atoms with E-state index >= 15 is 0 Å². The zero-order valence-corrected chi connectivity index (χ0v) is 24.1. The molecule has 198 valence electrons. The van der Waals surface area contributed by atoms with Crippen molar-refractivity contribution in [1.29, 1.82) is 0 Å². The molecule has 2 aromatic heterocycles. The maximum Gasteiger partial charge on any atom is 0.341 e. The van der Waals surface area contributed by atoms with Crippen LogP contribution in [0.15, 0.2) is 53.6 Å². The molecule has 1 amide bonds. The van der Waals surface area contributed by atoms with Crippen molar-refractivity contribution in [3.8, 4) is 0 Å². The van der Waals surface area contributed by atoms with Crippen molar-refractivity contribution in [2.24, 2.45) is 0 Å². The minimum absolute atomic E-state index is 0.106. The predicted molar refractivity (Wildman–Crippen MR) is 158 cm³/mol. The number of hydrogen-bond acceptors (Lipinski definition) is 5. The third-order valence-electron chi connectivity index (χ3n) is 7.16. The third-order valence-corrected chi connectivity index (χ3v) is 9.51. The largest absolute Gasteiger partial charge is 0.462 e. The fourth-order valence-corrected chi connectivity index (χ4v) is 7.44. The summed E-state index contributed by atoms with van der Waals surface area (Å²) in [5.74, 6) is -0.442. The SMILES string of the molecule is CCOC(=O)c1c(NC(=O)[C@H](C)Sc2cn(Cc3cc(C)ccc3C)c3ccccc23)sc2c1CCCC2. The van der Waals surface area contributed by atoms with E-state index < -0.39 is 0 Å². The number of aromatic nitrogens is 1. The lowest BCUT2D eigenvalue weighted by molar-refractivity contribution is -0.115. The first kappa shape index (κ1) is 26.6. The van der Waals surface area contributed by atoms with Gasteiger partial charge in [0, 0.05) is 33.4 Å². The van der Waals surface area contributed by atoms with Crippen LogP contribution in [0.1, 0.15) is 64.2 Å². The molecule has 7 heteroatoms. The first-order chi connectivity index (χ1) is 18.4. The number of benzene rings is 2. The van der Waals surface area contributed by atoms with E-state index in [4.69, 9.17) is 4.74 Å². The number of carbonyl (C=O) groups excluding carboxylic acids is 2. The number of thiophene rings is 1. The van der Waals surface area contributed by atoms with E-state index in [0.717, 1.165) is 53.6 Å². The lowest BCUT2D eigenvalue weighted by Crippen LogP contribution is -2.23. The number of hydrogen-bond donors (Lipinski definition) is 1. The second-order valence-electron chi connectivity index (χ2n) is 9.95. The lowest BCUT2D eigenvalue weighted by Gasteiger charge is -2.13. The first-order valence-corrected chi connectivity index (χ1v) is 15.0. The van der Waals surface area contributed by atoms with E-state index in [9.17, 15) is 9.59 Å². The molecule has 38 heavy (non-hydrogen) atoms. The number of para-hydroxylation sites is 1. The summed E-state index contributed by atoms with van der Waals surface area (Å²) in [5, 5.41) is 4.51. The molecule has 0 saturated carbocycles. The number of aryl methyl sites for hydroxylation is 3. The normalized spacial score (nSPS) is 13.8. The Hall–Kier alpha value is -3.03. The number of carbonyl (C=O) groups is 2. The molecule has 0 bridgehead atoms. The van der Waals surface area contributed by atoms with Gasteiger partial charge < -0.3 is 14.6 Å². The van der Waals surface area contributed by atoms with Crippen molar-refractivity contribution in [2.45, 2.75) is 70.1 Å². The van der Waals surface area contributed by atoms with E-state index in [0.29, 0.717) is 17.2 Å². The van der Waals surface area contributed by atoms with Gasteiger partial charge >= 0.3 is 5.97 Å². The zero-order valence-electron chi connectivity index (χ0n) is 22.4. The van der Waals surface area contributed by atoms with Gasteiger partial charge in [0.05, 0.1) is 17.4 Å². The van der Waals surface area contributed by atoms with E-state index in [-0.39, 0.29) is 17.1 Å². The van der Waals surface area contributed by atoms with Gasteiger partial charge in [-0.25, -0.2) is 4.79 Å². The quantitative estimate of drug-likeness (QED) is 0.183. The number of ether oxygens (including phenoxy) is 1. The summed E-state index contributed by atoms with van der Waals surface area (Å²) in [5.41, 5.74) is 6.58. The summed E-state index contributed by atoms with van der Waals surface area (Å²) < 4.78 is 7.63. The molecule has 1 N–H and O–H groups in total. The summed E-state index contributed by atoms with van der Waals surface area (Å²) in [6.45, 7) is 9.10. The summed E-state index contributed by atoms with van der Waals surface area (Å²) in [4.78, 5) is 28.5. The van der Waals surface area contributed by atoms with E-state index in [2.05, 4.69) is 66.3 Å². The molecule has 0 aliphatic heterocycles. The number of nitrogens with zero attached hydrogens (tertiary/aromatic N) is 1. The smallest absolute Gasteiger partial charge is 0.341 e. The number of fused-ring (bicyclic) bond motifs is 2. The van der Waals surface area contributed by atoms with Gasteiger partial charge in [-0.3, -0.25) is 4.79 Å². The molecule has 1 aliphatic carbocycles. The van der Waals surface area contributed by atoms with E-state index in [1.807, 2.05) is 19.9 Å². The van der Waals surface area contributed by atoms with Crippen LogP contribution in [0.25, 0.3) is 10.9 Å². The molecule has 0 fully saturated rings. The van der Waals surface area contributed by atoms with Crippen LogP contribution in [0.2, 0.25) is 0 Å². The predicted octanol–water partition coefficient (Wildman–Crippen LogP) is 7.54. The Bertz CT molecular complexity index is 1500. The van der Waals surface area contributed by atoms with Crippen LogP contribution >= 0.6 is 23.1 Å². The molecular weight excluding hydrogens is 512 g/mol. The van der Waals surface area contributed by atoms with Gasteiger partial charge in [0.15, 0.2) is 0 Å². The summed E-state index contributed by atoms with van der Waals surface area (Å²) in [6.07, 6.45) is 6.14. The maximum atomic E-state index is 13.4. The van der Waals surface area contributed by atoms with Crippen molar-refractivity contribution < 1.29 is 14.3 Å². The van der Waals surface area contributed by atoms with Gasteiger partial charge in [0.1, 0.15) is 5.00 Å². The summed E-state index contributed by atoms with van der Waals surface area (Å²) in [6, 6.07) is 14.9. The van der Waals surface area contributed by atoms with Crippen molar-refractivity contribution in [1.82, 2.24) is 4.57 Å². The molecule has 4 aromatic rings. The van der Waals surface area contributed by atoms with Crippen molar-refractivity contribution in [3.63, 3.8) is 0 Å². The van der Waals surface area contributed by atoms with Crippen LogP contribution in [0, 0.1) is 13.8 Å². The van der Waals surface area contributed by atoms with Gasteiger partial charge in [-0.05, 0) is 76.1 Å². The highest BCUT2D eigenvalue weighted by molar-refractivity contribution is 8.00. The van der Waals surface area contributed by atoms with Gasteiger partial charge in [0.25, 0.3) is 0 Å². The van der Waals surface area contributed by atoms with E-state index in [1.165, 1.54) is 32.9 Å². The molecule has 5 nitrogen and oxygen atoms in total. The Morgan fingerprint density at radius 1 is 1.13 bits per heavy atom. The third kappa shape index (κ3) is 5.40. The number of nitrogens with one attached hydrogen (secondary N) is 1. The summed E-state index contributed by atoms with van der Waals surface area (Å²) >= 11 is 3.09. The summed E-state index contributed by atoms with van der Waals surface area (Å²) in [7, 11) is 0. The van der Waals surface area contributed by atoms with Gasteiger partial charge in [0.2, 0.25) is 5.91 Å². The van der Waals surface area contributed by atoms with Gasteiger partial charge in [-0.2, -0.15) is 0 Å². The number of rotatable bonds is 8. The molecule has 0 unspecified atom stereocenters. The zero-order chi connectivity index (χ0) is 26.8. The molecule has 1 atom stereocenters. The Kier molecular flexibility index (Phi) is 7.96. The van der Waals surface area contributed by atoms with Gasteiger partial charge in [-0.1, -0.05) is 42.0 Å². The number of anilines is 1. The minimum atomic E-state index is -0.343. The van der Waals surface area contributed by atoms with Crippen molar-refractivity contribution in [3.05, 3.63) is 81.4 Å². The second kappa shape index (κ2) is 11.4. The van der Waals surface area contributed by atoms with Crippen LogP contribution < -0.4 is 5.32 Å². The highest BCUT2D eigenvalue weighted by atomic mass is 32.2. The number of amides is 1. The lowest BCUT2D eigenvalue weighted by atomic mass is 9.95. The maximum absolute atomic E-state index is 13.4. The van der Waals surface area contributed by atoms with Crippen LogP contribution in [-0.2, 0) is 28.9 Å². The average Bonchev–Trinajstić information content (AvgIpc) is 3.44. The number of esters is 1. The second-order valence-corrected chi connectivity index (χ2v) is 12.4. The molecule has 0 spiro atoms. The van der Waals surface area contributed by atoms with Crippen LogP contribution in [0.4, 0.5) is 5.00 Å². The molecule has 1 aliphatic rings. The molecule has 5 rings (SSSR count). The highest BCUT2D eigenvalue weighted by Crippen LogP contribution is 2.40. The highest BCUT2D eigenvalue weighted by Gasteiger charge is 2.28. The fraction of sp³-hybridized carbons (Fsp3) is 0.355. The Balaban J connectivity index is 1.38. The first-order valence-electron chi connectivity index (χ1n) is 13.3. The topological polar surface area (TPSA) is 60.3 Å². The molecular formula is C31H34N2O3S2. The van der Waals surface area contributed by atoms with Crippen molar-refractivity contribution in [2.75, 3.05) is 11.9 Å². The average molecular weight is 547 g/mol. The minimum Gasteiger partial charge on any atom is -0.462 e. The Labute approximate surface area is 232 Å². The van der Waals surface area contributed by atoms with E-state index in [1.54, 1.807) is 11.8 Å². The van der Waals surface area contributed by atoms with Gasteiger partial charge in [-0.15, -0.1) is 23.1 Å². The van der Waals surface area contributed by atoms with Crippen LogP contribution in [0.3, 0.4) is 0 Å². The fourth-order valence-electron chi connectivity index (χ4n) is 5.12. The Morgan fingerprint density at radius 2 is 1.92 bits per heavy atom. The molecule has 2 aromatic carbocycles. The van der Waals surface area contributed by atoms with Crippen molar-refractivity contribution >= 4 is 50.9 Å². The molecule has 0 saturated heterocycles. The monoisotopic (exact) mass is 546 g/mol. The Morgan fingerprint density at radius 3 is 2.74 bits per heavy atom. The van der Waals surface area contributed by atoms with Crippen LogP contribution in [0.5, 0.6) is 0 Å². The molecule has 0 radical (unpaired) electrons. The number of thioether (sulfide) groups is 1. The molecule has 2 heterocycles. The standard InChI is InChI=1S/C31H34N2O3S2/c1-5-36-31(35)28-24-11-7-9-13-26(24)38-30(28)32-29(34)21(4)37-27-18-33(25-12-8-6-10-23(25)27)17-22-16-19(2)14-15-20(22)3/h6,8,10,12,14-16,18,21H,5,7,9,11,13,17H2,1-4H3,(H,32,34)/t21-/m0/s1.